The standard InChI is InChI=1S/C12H13NO2.C8H15N2.C6H5F.C6H14.Y/c1-2-7-15-12-4-3-11-9-13(14)6-5-10(11)8-12;9-7-8-1-4-10(5-2-8)6-3-8;7-6-4-2-1-3-5-6;1-3-5-6-4-2;/h1,3-4,8,14H,5-7,9H2;9H,1-7H2;1-5H;3-6H2,1-2H3;/q;-1;;;. The predicted molar refractivity (Wildman–Crippen MR) is 155 cm³/mol. The summed E-state index contributed by atoms with van der Waals surface area (Å²) >= 11 is 0. The molecule has 1 radical (unpaired) electrons. The van der Waals surface area contributed by atoms with E-state index in [1.807, 2.05) is 18.2 Å². The van der Waals surface area contributed by atoms with Crippen LogP contribution in [0.2, 0.25) is 0 Å². The molecule has 5 nitrogen and oxygen atoms in total. The molecular weight excluding hydrogens is 566 g/mol. The van der Waals surface area contributed by atoms with Crippen molar-refractivity contribution < 1.29 is 47.0 Å². The van der Waals surface area contributed by atoms with Gasteiger partial charge in [-0.05, 0) is 86.1 Å². The van der Waals surface area contributed by atoms with Crippen LogP contribution in [0, 0.1) is 23.6 Å². The second-order valence-electron chi connectivity index (χ2n) is 10.3. The Morgan fingerprint density at radius 3 is 2.05 bits per heavy atom. The molecule has 4 heterocycles. The van der Waals surface area contributed by atoms with Crippen LogP contribution in [0.4, 0.5) is 4.39 Å². The number of piperidine rings is 3. The number of fused-ring (bicyclic) bond motifs is 4. The molecule has 2 aromatic rings. The van der Waals surface area contributed by atoms with Crippen molar-refractivity contribution in [3.63, 3.8) is 0 Å². The van der Waals surface area contributed by atoms with Crippen molar-refractivity contribution in [2.75, 3.05) is 39.3 Å². The van der Waals surface area contributed by atoms with E-state index in [0.717, 1.165) is 17.7 Å². The van der Waals surface area contributed by atoms with Gasteiger partial charge in [0.05, 0.1) is 0 Å². The number of unbranched alkanes of at least 4 members (excludes halogenated alkanes) is 3. The number of ether oxygens (including phenoxy) is 1. The molecule has 0 saturated carbocycles. The van der Waals surface area contributed by atoms with E-state index in [0.29, 0.717) is 31.7 Å². The van der Waals surface area contributed by atoms with E-state index in [-0.39, 0.29) is 38.5 Å². The molecule has 0 unspecified atom stereocenters. The van der Waals surface area contributed by atoms with Gasteiger partial charge in [-0.2, -0.15) is 5.06 Å². The fraction of sp³-hybridized carbons (Fsp3) is 0.562. The molecule has 39 heavy (non-hydrogen) atoms. The molecule has 0 aliphatic carbocycles. The number of hydroxylamine groups is 2. The molecular formula is C32H47FN3O2Y-. The van der Waals surface area contributed by atoms with Crippen LogP contribution in [-0.2, 0) is 45.7 Å². The Balaban J connectivity index is 0.000000276. The van der Waals surface area contributed by atoms with Crippen LogP contribution in [0.15, 0.2) is 48.5 Å². The minimum atomic E-state index is -0.178. The van der Waals surface area contributed by atoms with Crippen LogP contribution in [0.3, 0.4) is 0 Å². The van der Waals surface area contributed by atoms with Gasteiger partial charge in [0, 0.05) is 45.8 Å². The van der Waals surface area contributed by atoms with Gasteiger partial charge < -0.3 is 20.6 Å². The molecule has 3 saturated heterocycles. The quantitative estimate of drug-likeness (QED) is 0.273. The minimum absolute atomic E-state index is 0. The van der Waals surface area contributed by atoms with Gasteiger partial charge in [-0.15, -0.1) is 13.0 Å². The summed E-state index contributed by atoms with van der Waals surface area (Å²) in [7, 11) is 0. The van der Waals surface area contributed by atoms with Gasteiger partial charge >= 0.3 is 0 Å². The molecule has 4 aliphatic rings. The molecule has 4 aliphatic heterocycles. The first-order valence-corrected chi connectivity index (χ1v) is 14.1. The summed E-state index contributed by atoms with van der Waals surface area (Å²) in [6, 6.07) is 13.8. The fourth-order valence-electron chi connectivity index (χ4n) is 4.81. The van der Waals surface area contributed by atoms with Gasteiger partial charge in [0.1, 0.15) is 18.2 Å². The molecule has 2 aromatic carbocycles. The molecule has 3 fully saturated rings. The first-order valence-electron chi connectivity index (χ1n) is 14.1. The van der Waals surface area contributed by atoms with Crippen LogP contribution >= 0.6 is 0 Å². The van der Waals surface area contributed by atoms with Gasteiger partial charge in [-0.1, -0.05) is 69.7 Å². The number of benzene rings is 2. The monoisotopic (exact) mass is 613 g/mol. The van der Waals surface area contributed by atoms with Gasteiger partial charge in [0.2, 0.25) is 0 Å². The Bertz CT molecular complexity index is 928. The maximum atomic E-state index is 11.9. The van der Waals surface area contributed by atoms with Gasteiger partial charge in [0.25, 0.3) is 0 Å². The van der Waals surface area contributed by atoms with E-state index in [1.54, 1.807) is 18.2 Å². The van der Waals surface area contributed by atoms with Crippen molar-refractivity contribution in [1.82, 2.24) is 9.96 Å². The van der Waals surface area contributed by atoms with Gasteiger partial charge in [-0.3, -0.25) is 0 Å². The van der Waals surface area contributed by atoms with Crippen molar-refractivity contribution in [2.24, 2.45) is 5.41 Å². The summed E-state index contributed by atoms with van der Waals surface area (Å²) in [5.74, 6) is 3.06. The molecule has 2 bridgehead atoms. The zero-order chi connectivity index (χ0) is 27.6. The summed E-state index contributed by atoms with van der Waals surface area (Å²) in [4.78, 5) is 2.53. The number of hydrogen-bond donors (Lipinski definition) is 1. The Labute approximate surface area is 261 Å². The Kier molecular flexibility index (Phi) is 18.8. The molecule has 0 aromatic heterocycles. The molecule has 0 spiro atoms. The van der Waals surface area contributed by atoms with Crippen LogP contribution in [-0.4, -0.2) is 54.5 Å². The third-order valence-corrected chi connectivity index (χ3v) is 7.43. The van der Waals surface area contributed by atoms with Crippen molar-refractivity contribution in [3.05, 3.63) is 71.2 Å². The van der Waals surface area contributed by atoms with Crippen molar-refractivity contribution in [2.45, 2.75) is 71.8 Å². The Hall–Kier alpha value is -1.33. The van der Waals surface area contributed by atoms with Crippen LogP contribution in [0.1, 0.15) is 69.9 Å². The van der Waals surface area contributed by atoms with Crippen molar-refractivity contribution in [3.8, 4) is 18.1 Å². The first-order chi connectivity index (χ1) is 18.4. The first kappa shape index (κ1) is 35.7. The number of terminal acetylenes is 1. The molecule has 0 atom stereocenters. The third-order valence-electron chi connectivity index (χ3n) is 7.43. The van der Waals surface area contributed by atoms with E-state index in [2.05, 4.69) is 24.7 Å². The van der Waals surface area contributed by atoms with E-state index in [1.165, 1.54) is 87.3 Å². The second kappa shape index (κ2) is 20.5. The predicted octanol–water partition coefficient (Wildman–Crippen LogP) is 7.38. The Morgan fingerprint density at radius 1 is 0.974 bits per heavy atom. The van der Waals surface area contributed by atoms with E-state index >= 15 is 0 Å². The van der Waals surface area contributed by atoms with Gasteiger partial charge in [0.15, 0.2) is 0 Å². The summed E-state index contributed by atoms with van der Waals surface area (Å²) in [5.41, 5.74) is 10.3. The van der Waals surface area contributed by atoms with E-state index in [9.17, 15) is 9.60 Å². The molecule has 7 heteroatoms. The third kappa shape index (κ3) is 13.7. The number of halogens is 1. The number of rotatable bonds is 6. The van der Waals surface area contributed by atoms with E-state index < -0.39 is 0 Å². The minimum Gasteiger partial charge on any atom is -0.677 e. The van der Waals surface area contributed by atoms with Crippen LogP contribution in [0.5, 0.6) is 5.75 Å². The van der Waals surface area contributed by atoms with Crippen molar-refractivity contribution >= 4 is 0 Å². The SMILES string of the molecule is C#CCOc1ccc2c(c1)CCN(O)C2.CCCCCC.Fc1ccccc1.[NH-]CC12CCN(CC1)CC2.[Y]. The second-order valence-corrected chi connectivity index (χ2v) is 10.3. The van der Waals surface area contributed by atoms with Crippen molar-refractivity contribution in [1.29, 1.82) is 0 Å². The molecule has 6 rings (SSSR count). The zero-order valence-corrected chi connectivity index (χ0v) is 26.8. The number of nitrogens with zero attached hydrogens (tertiary/aromatic N) is 2. The topological polar surface area (TPSA) is 59.7 Å². The fourth-order valence-corrected chi connectivity index (χ4v) is 4.81. The molecule has 213 valence electrons. The van der Waals surface area contributed by atoms with Crippen LogP contribution < -0.4 is 4.74 Å². The average molecular weight is 614 g/mol. The summed E-state index contributed by atoms with van der Waals surface area (Å²) in [6.45, 7) is 10.5. The summed E-state index contributed by atoms with van der Waals surface area (Å²) in [5, 5.41) is 10.7. The molecule has 0 amide bonds. The van der Waals surface area contributed by atoms with Crippen LogP contribution in [0.25, 0.3) is 5.73 Å². The number of nitrogens with one attached hydrogen (secondary N) is 1. The van der Waals surface area contributed by atoms with Gasteiger partial charge in [-0.25, -0.2) is 4.39 Å². The average Bonchev–Trinajstić information content (AvgIpc) is 2.97. The summed E-state index contributed by atoms with van der Waals surface area (Å²) in [6.07, 6.45) is 15.4. The largest absolute Gasteiger partial charge is 0.677 e. The Morgan fingerprint density at radius 2 is 1.59 bits per heavy atom. The maximum absolute atomic E-state index is 11.9. The van der Waals surface area contributed by atoms with E-state index in [4.69, 9.17) is 16.9 Å². The maximum Gasteiger partial charge on any atom is 0.148 e. The normalized spacial score (nSPS) is 20.7. The summed E-state index contributed by atoms with van der Waals surface area (Å²) < 4.78 is 17.2. The zero-order valence-electron chi connectivity index (χ0n) is 24.0. The molecule has 2 N–H and O–H groups in total. The smallest absolute Gasteiger partial charge is 0.148 e. The number of hydrogen-bond acceptors (Lipinski definition) is 4.